The molecular formula is C25H17F5. The van der Waals surface area contributed by atoms with Crippen molar-refractivity contribution >= 4 is 10.8 Å². The van der Waals surface area contributed by atoms with Gasteiger partial charge in [-0.3, -0.25) is 0 Å². The molecule has 4 aromatic rings. The predicted octanol–water partition coefficient (Wildman–Crippen LogP) is 7.59. The van der Waals surface area contributed by atoms with Crippen LogP contribution in [0.1, 0.15) is 16.7 Å². The van der Waals surface area contributed by atoms with Crippen LogP contribution in [0.25, 0.3) is 21.9 Å². The van der Waals surface area contributed by atoms with E-state index in [0.717, 1.165) is 40.6 Å². The van der Waals surface area contributed by atoms with Crippen molar-refractivity contribution in [3.8, 4) is 11.1 Å². The SMILES string of the molecule is Fc1cc(CCc2ccc3ccccc3c2)cc(F)c1-c1ccc(C(F)(F)F)cc1. The number of hydrogen-bond acceptors (Lipinski definition) is 0. The predicted molar refractivity (Wildman–Crippen MR) is 108 cm³/mol. The van der Waals surface area contributed by atoms with Crippen LogP contribution in [-0.4, -0.2) is 0 Å². The average Bonchev–Trinajstić information content (AvgIpc) is 2.71. The lowest BCUT2D eigenvalue weighted by molar-refractivity contribution is -0.137. The van der Waals surface area contributed by atoms with E-state index in [0.29, 0.717) is 18.4 Å². The Hall–Kier alpha value is -3.21. The van der Waals surface area contributed by atoms with Crippen LogP contribution in [0, 0.1) is 11.6 Å². The highest BCUT2D eigenvalue weighted by Crippen LogP contribution is 2.33. The quantitative estimate of drug-likeness (QED) is 0.303. The molecule has 0 bridgehead atoms. The van der Waals surface area contributed by atoms with E-state index in [1.807, 2.05) is 36.4 Å². The Morgan fingerprint density at radius 2 is 1.20 bits per heavy atom. The lowest BCUT2D eigenvalue weighted by Gasteiger charge is -2.11. The van der Waals surface area contributed by atoms with Gasteiger partial charge in [-0.1, -0.05) is 54.6 Å². The zero-order valence-electron chi connectivity index (χ0n) is 15.8. The number of benzene rings is 4. The van der Waals surface area contributed by atoms with Crippen LogP contribution in [0.15, 0.2) is 78.9 Å². The van der Waals surface area contributed by atoms with Crippen LogP contribution in [0.5, 0.6) is 0 Å². The van der Waals surface area contributed by atoms with E-state index in [-0.39, 0.29) is 11.1 Å². The van der Waals surface area contributed by atoms with E-state index in [2.05, 4.69) is 6.07 Å². The van der Waals surface area contributed by atoms with Gasteiger partial charge in [0.25, 0.3) is 0 Å². The van der Waals surface area contributed by atoms with Gasteiger partial charge < -0.3 is 0 Å². The zero-order valence-corrected chi connectivity index (χ0v) is 15.8. The second-order valence-corrected chi connectivity index (χ2v) is 7.19. The summed E-state index contributed by atoms with van der Waals surface area (Å²) in [4.78, 5) is 0. The summed E-state index contributed by atoms with van der Waals surface area (Å²) in [7, 11) is 0. The molecule has 0 nitrogen and oxygen atoms in total. The first-order chi connectivity index (χ1) is 14.3. The number of halogens is 5. The molecule has 4 rings (SSSR count). The summed E-state index contributed by atoms with van der Waals surface area (Å²) in [5, 5.41) is 2.23. The highest BCUT2D eigenvalue weighted by Gasteiger charge is 2.30. The molecule has 0 aliphatic rings. The highest BCUT2D eigenvalue weighted by atomic mass is 19.4. The fourth-order valence-corrected chi connectivity index (χ4v) is 3.55. The van der Waals surface area contributed by atoms with Gasteiger partial charge in [0.1, 0.15) is 11.6 Å². The lowest BCUT2D eigenvalue weighted by Crippen LogP contribution is -2.04. The minimum absolute atomic E-state index is 0.0686. The summed E-state index contributed by atoms with van der Waals surface area (Å²) in [6.07, 6.45) is -3.44. The van der Waals surface area contributed by atoms with Crippen molar-refractivity contribution in [3.63, 3.8) is 0 Å². The number of hydrogen-bond donors (Lipinski definition) is 0. The van der Waals surface area contributed by atoms with Crippen molar-refractivity contribution in [3.05, 3.63) is 107 Å². The first-order valence-corrected chi connectivity index (χ1v) is 9.44. The summed E-state index contributed by atoms with van der Waals surface area (Å²) in [5.41, 5.74) is 0.437. The van der Waals surface area contributed by atoms with Gasteiger partial charge in [-0.25, -0.2) is 8.78 Å². The van der Waals surface area contributed by atoms with E-state index < -0.39 is 23.4 Å². The molecule has 0 amide bonds. The Morgan fingerprint density at radius 1 is 0.600 bits per heavy atom. The van der Waals surface area contributed by atoms with E-state index in [1.165, 1.54) is 12.1 Å². The molecule has 0 spiro atoms. The maximum atomic E-state index is 14.6. The molecule has 0 aromatic heterocycles. The summed E-state index contributed by atoms with van der Waals surface area (Å²) >= 11 is 0. The topological polar surface area (TPSA) is 0 Å². The van der Waals surface area contributed by atoms with Crippen molar-refractivity contribution in [1.82, 2.24) is 0 Å². The van der Waals surface area contributed by atoms with Crippen LogP contribution in [0.2, 0.25) is 0 Å². The first-order valence-electron chi connectivity index (χ1n) is 9.44. The second-order valence-electron chi connectivity index (χ2n) is 7.19. The van der Waals surface area contributed by atoms with Gasteiger partial charge in [0.05, 0.1) is 11.1 Å². The molecule has 0 aliphatic carbocycles. The summed E-state index contributed by atoms with van der Waals surface area (Å²) < 4.78 is 67.3. The van der Waals surface area contributed by atoms with Crippen LogP contribution in [0.4, 0.5) is 22.0 Å². The molecule has 30 heavy (non-hydrogen) atoms. The molecular weight excluding hydrogens is 395 g/mol. The van der Waals surface area contributed by atoms with Gasteiger partial charge in [-0.2, -0.15) is 13.2 Å². The Labute approximate surface area is 170 Å². The van der Waals surface area contributed by atoms with Crippen molar-refractivity contribution in [2.45, 2.75) is 19.0 Å². The standard InChI is InChI=1S/C25H17F5/c26-22-14-17(6-5-16-7-8-18-3-1-2-4-20(18)13-16)15-23(27)24(22)19-9-11-21(12-10-19)25(28,29)30/h1-4,7-15H,5-6H2. The van der Waals surface area contributed by atoms with Crippen LogP contribution < -0.4 is 0 Å². The van der Waals surface area contributed by atoms with Crippen molar-refractivity contribution in [1.29, 1.82) is 0 Å². The summed E-state index contributed by atoms with van der Waals surface area (Å²) in [6, 6.07) is 20.3. The summed E-state index contributed by atoms with van der Waals surface area (Å²) in [6.45, 7) is 0. The zero-order chi connectivity index (χ0) is 21.3. The smallest absolute Gasteiger partial charge is 0.206 e. The third-order valence-electron chi connectivity index (χ3n) is 5.12. The Kier molecular flexibility index (Phi) is 5.29. The van der Waals surface area contributed by atoms with Gasteiger partial charge in [0, 0.05) is 0 Å². The molecule has 0 saturated carbocycles. The number of fused-ring (bicyclic) bond motifs is 1. The average molecular weight is 412 g/mol. The number of alkyl halides is 3. The fourth-order valence-electron chi connectivity index (χ4n) is 3.55. The second kappa shape index (κ2) is 7.90. The van der Waals surface area contributed by atoms with Gasteiger partial charge in [-0.15, -0.1) is 0 Å². The Bertz CT molecular complexity index is 1170. The van der Waals surface area contributed by atoms with Crippen molar-refractivity contribution < 1.29 is 22.0 Å². The summed E-state index contributed by atoms with van der Waals surface area (Å²) in [5.74, 6) is -1.58. The molecule has 0 radical (unpaired) electrons. The van der Waals surface area contributed by atoms with E-state index in [9.17, 15) is 22.0 Å². The molecule has 0 fully saturated rings. The highest BCUT2D eigenvalue weighted by molar-refractivity contribution is 5.83. The molecule has 0 N–H and O–H groups in total. The van der Waals surface area contributed by atoms with E-state index in [1.54, 1.807) is 0 Å². The minimum atomic E-state index is -4.50. The van der Waals surface area contributed by atoms with E-state index >= 15 is 0 Å². The maximum absolute atomic E-state index is 14.6. The van der Waals surface area contributed by atoms with Gasteiger partial charge in [0.2, 0.25) is 0 Å². The van der Waals surface area contributed by atoms with Crippen LogP contribution in [-0.2, 0) is 19.0 Å². The fraction of sp³-hybridized carbons (Fsp3) is 0.120. The van der Waals surface area contributed by atoms with Crippen LogP contribution in [0.3, 0.4) is 0 Å². The monoisotopic (exact) mass is 412 g/mol. The third-order valence-corrected chi connectivity index (χ3v) is 5.12. The first kappa shape index (κ1) is 20.1. The van der Waals surface area contributed by atoms with Crippen LogP contribution >= 0.6 is 0 Å². The number of aryl methyl sites for hydroxylation is 2. The molecule has 0 aliphatic heterocycles. The van der Waals surface area contributed by atoms with Crippen molar-refractivity contribution in [2.24, 2.45) is 0 Å². The number of rotatable bonds is 4. The molecule has 4 aromatic carbocycles. The lowest BCUT2D eigenvalue weighted by atomic mass is 9.97. The van der Waals surface area contributed by atoms with Gasteiger partial charge >= 0.3 is 6.18 Å². The Balaban J connectivity index is 1.54. The molecule has 0 unspecified atom stereocenters. The molecule has 5 heteroatoms. The molecule has 152 valence electrons. The van der Waals surface area contributed by atoms with Crippen molar-refractivity contribution in [2.75, 3.05) is 0 Å². The van der Waals surface area contributed by atoms with Gasteiger partial charge in [0.15, 0.2) is 0 Å². The minimum Gasteiger partial charge on any atom is -0.206 e. The largest absolute Gasteiger partial charge is 0.416 e. The molecule has 0 heterocycles. The third kappa shape index (κ3) is 4.20. The van der Waals surface area contributed by atoms with E-state index in [4.69, 9.17) is 0 Å². The Morgan fingerprint density at radius 3 is 1.83 bits per heavy atom. The molecule has 0 atom stereocenters. The molecule has 0 saturated heterocycles. The normalized spacial score (nSPS) is 11.8. The maximum Gasteiger partial charge on any atom is 0.416 e. The van der Waals surface area contributed by atoms with Gasteiger partial charge in [-0.05, 0) is 64.6 Å².